The van der Waals surface area contributed by atoms with Gasteiger partial charge >= 0.3 is 0 Å². The molecule has 0 aliphatic rings. The normalized spacial score (nSPS) is 9.85. The Morgan fingerprint density at radius 2 is 1.95 bits per heavy atom. The highest BCUT2D eigenvalue weighted by molar-refractivity contribution is 6.01. The Bertz CT molecular complexity index is 541. The molecule has 0 aliphatic carbocycles. The van der Waals surface area contributed by atoms with Crippen LogP contribution in [0.25, 0.3) is 0 Å². The van der Waals surface area contributed by atoms with Gasteiger partial charge in [-0.3, -0.25) is 9.59 Å². The van der Waals surface area contributed by atoms with E-state index < -0.39 is 5.91 Å². The number of hydrogen-bond donors (Lipinski definition) is 1. The molecule has 0 spiro atoms. The molecule has 0 fully saturated rings. The van der Waals surface area contributed by atoms with Crippen LogP contribution in [0.1, 0.15) is 53.1 Å². The van der Waals surface area contributed by atoms with Gasteiger partial charge in [0.1, 0.15) is 5.69 Å². The number of amides is 2. The predicted octanol–water partition coefficient (Wildman–Crippen LogP) is 1.42. The smallest absolute Gasteiger partial charge is 0.273 e. The SMILES string of the molecule is C#Cc1c(C(N)=O)ccnc1C(=O)N(CCC)CCC. The lowest BCUT2D eigenvalue weighted by atomic mass is 10.1. The Labute approximate surface area is 119 Å². The monoisotopic (exact) mass is 273 g/mol. The highest BCUT2D eigenvalue weighted by atomic mass is 16.2. The molecule has 0 saturated carbocycles. The standard InChI is InChI=1S/C15H19N3O2/c1-4-9-18(10-5-2)15(20)13-11(6-3)12(14(16)19)7-8-17-13/h3,7-8H,4-5,9-10H2,1-2H3,(H2,16,19). The molecule has 0 unspecified atom stereocenters. The van der Waals surface area contributed by atoms with E-state index in [-0.39, 0.29) is 22.7 Å². The summed E-state index contributed by atoms with van der Waals surface area (Å²) in [6.07, 6.45) is 8.47. The fourth-order valence-corrected chi connectivity index (χ4v) is 1.98. The van der Waals surface area contributed by atoms with Gasteiger partial charge in [-0.1, -0.05) is 19.8 Å². The molecule has 0 aromatic carbocycles. The summed E-state index contributed by atoms with van der Waals surface area (Å²) in [6.45, 7) is 5.23. The molecular weight excluding hydrogens is 254 g/mol. The van der Waals surface area contributed by atoms with E-state index >= 15 is 0 Å². The Kier molecular flexibility index (Phi) is 5.73. The van der Waals surface area contributed by atoms with E-state index in [9.17, 15) is 9.59 Å². The maximum atomic E-state index is 12.5. The average molecular weight is 273 g/mol. The minimum atomic E-state index is -0.660. The summed E-state index contributed by atoms with van der Waals surface area (Å²) in [4.78, 5) is 29.6. The number of aromatic nitrogens is 1. The van der Waals surface area contributed by atoms with Gasteiger partial charge in [-0.2, -0.15) is 0 Å². The molecule has 2 amide bonds. The zero-order valence-electron chi connectivity index (χ0n) is 11.8. The van der Waals surface area contributed by atoms with Crippen molar-refractivity contribution >= 4 is 11.8 Å². The van der Waals surface area contributed by atoms with E-state index in [0.29, 0.717) is 13.1 Å². The first-order chi connectivity index (χ1) is 9.56. The van der Waals surface area contributed by atoms with Crippen LogP contribution in [-0.2, 0) is 0 Å². The molecule has 1 rings (SSSR count). The number of pyridine rings is 1. The lowest BCUT2D eigenvalue weighted by Crippen LogP contribution is -2.34. The average Bonchev–Trinajstić information content (AvgIpc) is 2.45. The maximum Gasteiger partial charge on any atom is 0.273 e. The second kappa shape index (κ2) is 7.29. The molecule has 1 aromatic heterocycles. The zero-order chi connectivity index (χ0) is 15.1. The van der Waals surface area contributed by atoms with Gasteiger partial charge in [-0.25, -0.2) is 4.98 Å². The first-order valence-corrected chi connectivity index (χ1v) is 6.61. The van der Waals surface area contributed by atoms with Gasteiger partial charge in [0.15, 0.2) is 0 Å². The fraction of sp³-hybridized carbons (Fsp3) is 0.400. The lowest BCUT2D eigenvalue weighted by molar-refractivity contribution is 0.0749. The maximum absolute atomic E-state index is 12.5. The number of nitrogens with two attached hydrogens (primary N) is 1. The third kappa shape index (κ3) is 3.35. The van der Waals surface area contributed by atoms with E-state index in [2.05, 4.69) is 10.9 Å². The second-order valence-corrected chi connectivity index (χ2v) is 4.38. The molecule has 0 aliphatic heterocycles. The molecule has 5 nitrogen and oxygen atoms in total. The van der Waals surface area contributed by atoms with Gasteiger partial charge in [-0.15, -0.1) is 6.42 Å². The minimum absolute atomic E-state index is 0.116. The first-order valence-electron chi connectivity index (χ1n) is 6.61. The Hall–Kier alpha value is -2.35. The van der Waals surface area contributed by atoms with Crippen LogP contribution in [-0.4, -0.2) is 34.8 Å². The van der Waals surface area contributed by atoms with Crippen molar-refractivity contribution in [2.24, 2.45) is 5.73 Å². The molecule has 0 bridgehead atoms. The largest absolute Gasteiger partial charge is 0.366 e. The van der Waals surface area contributed by atoms with Crippen LogP contribution in [0, 0.1) is 12.3 Å². The van der Waals surface area contributed by atoms with E-state index in [1.807, 2.05) is 13.8 Å². The van der Waals surface area contributed by atoms with Crippen LogP contribution in [0.5, 0.6) is 0 Å². The predicted molar refractivity (Wildman–Crippen MR) is 77.2 cm³/mol. The van der Waals surface area contributed by atoms with Crippen molar-refractivity contribution in [3.8, 4) is 12.3 Å². The summed E-state index contributed by atoms with van der Waals surface area (Å²) < 4.78 is 0. The van der Waals surface area contributed by atoms with Gasteiger partial charge in [0, 0.05) is 19.3 Å². The number of carbonyl (C=O) groups excluding carboxylic acids is 2. The third-order valence-corrected chi connectivity index (χ3v) is 2.84. The number of rotatable bonds is 6. The van der Waals surface area contributed by atoms with Gasteiger partial charge in [0.05, 0.1) is 11.1 Å². The summed E-state index contributed by atoms with van der Waals surface area (Å²) in [5.41, 5.74) is 5.70. The molecule has 0 atom stereocenters. The number of terminal acetylenes is 1. The van der Waals surface area contributed by atoms with Crippen LogP contribution in [0.4, 0.5) is 0 Å². The molecule has 0 saturated heterocycles. The van der Waals surface area contributed by atoms with Crippen molar-refractivity contribution in [1.29, 1.82) is 0 Å². The molecular formula is C15H19N3O2. The van der Waals surface area contributed by atoms with Crippen molar-refractivity contribution in [1.82, 2.24) is 9.88 Å². The van der Waals surface area contributed by atoms with Crippen molar-refractivity contribution in [3.05, 3.63) is 29.1 Å². The Morgan fingerprint density at radius 3 is 2.40 bits per heavy atom. The lowest BCUT2D eigenvalue weighted by Gasteiger charge is -2.21. The molecule has 2 N–H and O–H groups in total. The van der Waals surface area contributed by atoms with Gasteiger partial charge in [0.2, 0.25) is 5.91 Å². The Balaban J connectivity index is 3.24. The van der Waals surface area contributed by atoms with Crippen LogP contribution >= 0.6 is 0 Å². The summed E-state index contributed by atoms with van der Waals surface area (Å²) in [5, 5.41) is 0. The van der Waals surface area contributed by atoms with E-state index in [1.54, 1.807) is 4.90 Å². The quantitative estimate of drug-likeness (QED) is 0.796. The second-order valence-electron chi connectivity index (χ2n) is 4.38. The summed E-state index contributed by atoms with van der Waals surface area (Å²) in [5.74, 6) is 1.43. The van der Waals surface area contributed by atoms with Crippen molar-refractivity contribution in [3.63, 3.8) is 0 Å². The molecule has 0 radical (unpaired) electrons. The molecule has 106 valence electrons. The summed E-state index contributed by atoms with van der Waals surface area (Å²) >= 11 is 0. The van der Waals surface area contributed by atoms with Crippen LogP contribution in [0.2, 0.25) is 0 Å². The topological polar surface area (TPSA) is 76.3 Å². The number of nitrogens with zero attached hydrogens (tertiary/aromatic N) is 2. The molecule has 20 heavy (non-hydrogen) atoms. The van der Waals surface area contributed by atoms with Crippen molar-refractivity contribution in [2.75, 3.05) is 13.1 Å². The summed E-state index contributed by atoms with van der Waals surface area (Å²) in [6, 6.07) is 1.43. The highest BCUT2D eigenvalue weighted by Crippen LogP contribution is 2.14. The highest BCUT2D eigenvalue weighted by Gasteiger charge is 2.22. The van der Waals surface area contributed by atoms with Crippen LogP contribution in [0.15, 0.2) is 12.3 Å². The number of hydrogen-bond acceptors (Lipinski definition) is 3. The van der Waals surface area contributed by atoms with E-state index in [0.717, 1.165) is 12.8 Å². The summed E-state index contributed by atoms with van der Waals surface area (Å²) in [7, 11) is 0. The Morgan fingerprint density at radius 1 is 1.35 bits per heavy atom. The van der Waals surface area contributed by atoms with Gasteiger partial charge < -0.3 is 10.6 Å². The minimum Gasteiger partial charge on any atom is -0.366 e. The number of primary amides is 1. The van der Waals surface area contributed by atoms with Crippen LogP contribution < -0.4 is 5.73 Å². The molecule has 1 aromatic rings. The zero-order valence-corrected chi connectivity index (χ0v) is 11.8. The van der Waals surface area contributed by atoms with Crippen molar-refractivity contribution in [2.45, 2.75) is 26.7 Å². The molecule has 5 heteroatoms. The third-order valence-electron chi connectivity index (χ3n) is 2.84. The number of carbonyl (C=O) groups is 2. The fourth-order valence-electron chi connectivity index (χ4n) is 1.98. The van der Waals surface area contributed by atoms with Crippen LogP contribution in [0.3, 0.4) is 0 Å². The first kappa shape index (κ1) is 15.7. The van der Waals surface area contributed by atoms with E-state index in [4.69, 9.17) is 12.2 Å². The van der Waals surface area contributed by atoms with E-state index in [1.165, 1.54) is 12.3 Å². The van der Waals surface area contributed by atoms with Crippen molar-refractivity contribution < 1.29 is 9.59 Å². The molecule has 1 heterocycles. The van der Waals surface area contributed by atoms with Gasteiger partial charge in [0.25, 0.3) is 5.91 Å². The van der Waals surface area contributed by atoms with Gasteiger partial charge in [-0.05, 0) is 18.9 Å².